The SMILES string of the molecule is CC[C@H](C)NC(=O)C(=O)Nc1c2c(nn1-c1ccc(OC)cc1)CSC2. The molecule has 1 aliphatic heterocycles. The van der Waals surface area contributed by atoms with Crippen LogP contribution >= 0.6 is 11.8 Å². The van der Waals surface area contributed by atoms with E-state index in [-0.39, 0.29) is 6.04 Å². The largest absolute Gasteiger partial charge is 0.497 e. The molecule has 0 unspecified atom stereocenters. The van der Waals surface area contributed by atoms with Crippen molar-refractivity contribution in [1.29, 1.82) is 0 Å². The lowest BCUT2D eigenvalue weighted by molar-refractivity contribution is -0.136. The monoisotopic (exact) mass is 374 g/mol. The second-order valence-electron chi connectivity index (χ2n) is 6.11. The Morgan fingerprint density at radius 2 is 2.00 bits per heavy atom. The van der Waals surface area contributed by atoms with E-state index in [4.69, 9.17) is 4.74 Å². The second kappa shape index (κ2) is 7.82. The Morgan fingerprint density at radius 1 is 1.27 bits per heavy atom. The maximum Gasteiger partial charge on any atom is 0.314 e. The van der Waals surface area contributed by atoms with Crippen LogP contribution in [0.3, 0.4) is 0 Å². The van der Waals surface area contributed by atoms with Gasteiger partial charge in [0.1, 0.15) is 11.6 Å². The molecule has 1 atom stereocenters. The molecule has 2 aromatic rings. The van der Waals surface area contributed by atoms with Crippen LogP contribution in [0.25, 0.3) is 5.69 Å². The zero-order valence-corrected chi connectivity index (χ0v) is 15.9. The van der Waals surface area contributed by atoms with Gasteiger partial charge in [0.25, 0.3) is 0 Å². The van der Waals surface area contributed by atoms with Gasteiger partial charge in [-0.05, 0) is 37.6 Å². The van der Waals surface area contributed by atoms with Gasteiger partial charge in [0.15, 0.2) is 0 Å². The molecule has 1 aromatic carbocycles. The number of carbonyl (C=O) groups excluding carboxylic acids is 2. The number of methoxy groups -OCH3 is 1. The Morgan fingerprint density at radius 3 is 2.65 bits per heavy atom. The number of amides is 2. The van der Waals surface area contributed by atoms with E-state index >= 15 is 0 Å². The second-order valence-corrected chi connectivity index (χ2v) is 7.10. The summed E-state index contributed by atoms with van der Waals surface area (Å²) in [6.45, 7) is 3.81. The highest BCUT2D eigenvalue weighted by atomic mass is 32.2. The van der Waals surface area contributed by atoms with E-state index in [0.29, 0.717) is 5.82 Å². The maximum absolute atomic E-state index is 12.4. The van der Waals surface area contributed by atoms with E-state index in [1.807, 2.05) is 38.1 Å². The fourth-order valence-electron chi connectivity index (χ4n) is 2.61. The van der Waals surface area contributed by atoms with Gasteiger partial charge in [0.2, 0.25) is 0 Å². The molecular formula is C18H22N4O3S. The van der Waals surface area contributed by atoms with Crippen LogP contribution in [0.1, 0.15) is 31.5 Å². The van der Waals surface area contributed by atoms with Crippen LogP contribution in [-0.2, 0) is 21.1 Å². The standard InChI is InChI=1S/C18H22N4O3S/c1-4-11(2)19-17(23)18(24)20-16-14-9-26-10-15(14)21-22(16)12-5-7-13(25-3)8-6-12/h5-8,11H,4,9-10H2,1-3H3,(H,19,23)(H,20,24)/t11-/m0/s1. The molecule has 0 saturated carbocycles. The number of rotatable bonds is 5. The van der Waals surface area contributed by atoms with Gasteiger partial charge >= 0.3 is 11.8 Å². The number of fused-ring (bicyclic) bond motifs is 1. The predicted octanol–water partition coefficient (Wildman–Crippen LogP) is 2.48. The topological polar surface area (TPSA) is 85.3 Å². The smallest absolute Gasteiger partial charge is 0.314 e. The molecule has 8 heteroatoms. The summed E-state index contributed by atoms with van der Waals surface area (Å²) in [5.41, 5.74) is 2.70. The molecule has 7 nitrogen and oxygen atoms in total. The molecule has 2 N–H and O–H groups in total. The minimum atomic E-state index is -0.681. The van der Waals surface area contributed by atoms with Crippen LogP contribution < -0.4 is 15.4 Å². The molecule has 3 rings (SSSR count). The molecule has 26 heavy (non-hydrogen) atoms. The van der Waals surface area contributed by atoms with Crippen molar-refractivity contribution in [3.8, 4) is 11.4 Å². The summed E-state index contributed by atoms with van der Waals surface area (Å²) >= 11 is 1.74. The van der Waals surface area contributed by atoms with Crippen LogP contribution in [0, 0.1) is 0 Å². The van der Waals surface area contributed by atoms with Gasteiger partial charge in [-0.1, -0.05) is 6.92 Å². The van der Waals surface area contributed by atoms with Crippen molar-refractivity contribution in [3.05, 3.63) is 35.5 Å². The Hall–Kier alpha value is -2.48. The molecule has 2 amide bonds. The normalized spacial score (nSPS) is 13.8. The van der Waals surface area contributed by atoms with Crippen LogP contribution in [0.15, 0.2) is 24.3 Å². The first-order valence-corrected chi connectivity index (χ1v) is 9.63. The number of thioether (sulfide) groups is 1. The number of benzene rings is 1. The minimum Gasteiger partial charge on any atom is -0.497 e. The number of nitrogens with one attached hydrogen (secondary N) is 2. The highest BCUT2D eigenvalue weighted by Crippen LogP contribution is 2.36. The van der Waals surface area contributed by atoms with Crippen molar-refractivity contribution in [2.45, 2.75) is 37.8 Å². The van der Waals surface area contributed by atoms with Gasteiger partial charge in [-0.2, -0.15) is 16.9 Å². The Kier molecular flexibility index (Phi) is 5.51. The molecule has 2 heterocycles. The predicted molar refractivity (Wildman–Crippen MR) is 102 cm³/mol. The first-order chi connectivity index (χ1) is 12.5. The van der Waals surface area contributed by atoms with Crippen molar-refractivity contribution >= 4 is 29.4 Å². The van der Waals surface area contributed by atoms with E-state index in [2.05, 4.69) is 15.7 Å². The van der Waals surface area contributed by atoms with Gasteiger partial charge in [-0.25, -0.2) is 4.68 Å². The molecule has 0 spiro atoms. The third-order valence-corrected chi connectivity index (χ3v) is 5.27. The van der Waals surface area contributed by atoms with Crippen LogP contribution in [0.5, 0.6) is 5.75 Å². The number of hydrogen-bond donors (Lipinski definition) is 2. The lowest BCUT2D eigenvalue weighted by Crippen LogP contribution is -2.40. The van der Waals surface area contributed by atoms with Crippen molar-refractivity contribution in [1.82, 2.24) is 15.1 Å². The molecule has 0 aliphatic carbocycles. The number of anilines is 1. The first-order valence-electron chi connectivity index (χ1n) is 8.48. The number of hydrogen-bond acceptors (Lipinski definition) is 5. The Bertz CT molecular complexity index is 817. The Labute approximate surface area is 156 Å². The summed E-state index contributed by atoms with van der Waals surface area (Å²) in [5.74, 6) is 1.52. The zero-order valence-electron chi connectivity index (χ0n) is 15.0. The Balaban J connectivity index is 1.88. The van der Waals surface area contributed by atoms with Gasteiger partial charge in [0, 0.05) is 23.1 Å². The van der Waals surface area contributed by atoms with E-state index in [1.165, 1.54) is 0 Å². The molecule has 138 valence electrons. The third-order valence-electron chi connectivity index (χ3n) is 4.30. The molecule has 0 fully saturated rings. The van der Waals surface area contributed by atoms with Crippen molar-refractivity contribution in [2.75, 3.05) is 12.4 Å². The van der Waals surface area contributed by atoms with E-state index in [1.54, 1.807) is 23.6 Å². The quantitative estimate of drug-likeness (QED) is 0.786. The highest BCUT2D eigenvalue weighted by molar-refractivity contribution is 7.98. The third kappa shape index (κ3) is 3.70. The average molecular weight is 374 g/mol. The fourth-order valence-corrected chi connectivity index (χ4v) is 3.64. The van der Waals surface area contributed by atoms with Gasteiger partial charge < -0.3 is 15.4 Å². The van der Waals surface area contributed by atoms with Gasteiger partial charge in [-0.3, -0.25) is 9.59 Å². The first kappa shape index (κ1) is 18.3. The zero-order chi connectivity index (χ0) is 18.7. The van der Waals surface area contributed by atoms with Crippen molar-refractivity contribution in [2.24, 2.45) is 0 Å². The van der Waals surface area contributed by atoms with E-state index in [9.17, 15) is 9.59 Å². The van der Waals surface area contributed by atoms with Crippen LogP contribution in [-0.4, -0.2) is 34.7 Å². The number of ether oxygens (including phenoxy) is 1. The lowest BCUT2D eigenvalue weighted by Gasteiger charge is -2.13. The van der Waals surface area contributed by atoms with E-state index < -0.39 is 11.8 Å². The fraction of sp³-hybridized carbons (Fsp3) is 0.389. The van der Waals surface area contributed by atoms with Crippen molar-refractivity contribution in [3.63, 3.8) is 0 Å². The van der Waals surface area contributed by atoms with Crippen LogP contribution in [0.2, 0.25) is 0 Å². The summed E-state index contributed by atoms with van der Waals surface area (Å²) in [6.07, 6.45) is 0.759. The van der Waals surface area contributed by atoms with Gasteiger partial charge in [0.05, 0.1) is 18.5 Å². The minimum absolute atomic E-state index is 0.0546. The van der Waals surface area contributed by atoms with E-state index in [0.717, 1.165) is 40.6 Å². The highest BCUT2D eigenvalue weighted by Gasteiger charge is 2.26. The lowest BCUT2D eigenvalue weighted by atomic mass is 10.2. The molecule has 1 aromatic heterocycles. The summed E-state index contributed by atoms with van der Waals surface area (Å²) in [5, 5.41) is 10.0. The van der Waals surface area contributed by atoms with Crippen LogP contribution in [0.4, 0.5) is 5.82 Å². The number of nitrogens with zero attached hydrogens (tertiary/aromatic N) is 2. The summed E-state index contributed by atoms with van der Waals surface area (Å²) in [6, 6.07) is 7.34. The molecule has 0 radical (unpaired) electrons. The number of carbonyl (C=O) groups is 2. The van der Waals surface area contributed by atoms with Crippen molar-refractivity contribution < 1.29 is 14.3 Å². The average Bonchev–Trinajstić information content (AvgIpc) is 3.24. The molecule has 0 saturated heterocycles. The summed E-state index contributed by atoms with van der Waals surface area (Å²) in [7, 11) is 1.61. The summed E-state index contributed by atoms with van der Waals surface area (Å²) in [4.78, 5) is 24.5. The molecular weight excluding hydrogens is 352 g/mol. The summed E-state index contributed by atoms with van der Waals surface area (Å²) < 4.78 is 6.86. The molecule has 1 aliphatic rings. The number of aromatic nitrogens is 2. The molecule has 0 bridgehead atoms. The maximum atomic E-state index is 12.4. The van der Waals surface area contributed by atoms with Gasteiger partial charge in [-0.15, -0.1) is 0 Å².